The van der Waals surface area contributed by atoms with Gasteiger partial charge in [0.05, 0.1) is 0 Å². The molecule has 1 amide bonds. The van der Waals surface area contributed by atoms with E-state index < -0.39 is 11.4 Å². The zero-order valence-corrected chi connectivity index (χ0v) is 12.3. The van der Waals surface area contributed by atoms with Crippen molar-refractivity contribution in [3.05, 3.63) is 65.2 Å². The summed E-state index contributed by atoms with van der Waals surface area (Å²) in [4.78, 5) is 24.3. The average Bonchev–Trinajstić information content (AvgIpc) is 2.55. The number of benzene rings is 2. The number of fused-ring (bicyclic) bond motifs is 1. The van der Waals surface area contributed by atoms with Crippen LogP contribution in [0.2, 0.25) is 0 Å². The van der Waals surface area contributed by atoms with Crippen molar-refractivity contribution in [1.29, 1.82) is 0 Å². The highest BCUT2D eigenvalue weighted by atomic mass is 16.3. The van der Waals surface area contributed by atoms with Crippen molar-refractivity contribution in [2.75, 3.05) is 5.73 Å². The molecule has 0 fully saturated rings. The molecule has 0 aromatic heterocycles. The van der Waals surface area contributed by atoms with Crippen molar-refractivity contribution in [2.24, 2.45) is 0 Å². The van der Waals surface area contributed by atoms with Gasteiger partial charge < -0.3 is 21.0 Å². The van der Waals surface area contributed by atoms with Crippen molar-refractivity contribution in [3.8, 4) is 5.75 Å². The number of carbonyl (C=O) groups is 2. The van der Waals surface area contributed by atoms with Gasteiger partial charge in [0.15, 0.2) is 6.29 Å². The Balaban J connectivity index is 2.00. The average molecular weight is 308 g/mol. The smallest absolute Gasteiger partial charge is 0.252 e. The van der Waals surface area contributed by atoms with Crippen molar-refractivity contribution in [3.63, 3.8) is 0 Å². The lowest BCUT2D eigenvalue weighted by Crippen LogP contribution is -2.48. The maximum atomic E-state index is 12.5. The molecule has 2 aromatic rings. The van der Waals surface area contributed by atoms with Crippen LogP contribution in [0.5, 0.6) is 5.75 Å². The molecule has 0 bridgehead atoms. The predicted octanol–water partition coefficient (Wildman–Crippen LogP) is 2.22. The molecule has 0 heterocycles. The fourth-order valence-electron chi connectivity index (χ4n) is 2.82. The van der Waals surface area contributed by atoms with Crippen LogP contribution in [-0.2, 0) is 10.3 Å². The number of hydrogen-bond acceptors (Lipinski definition) is 4. The third kappa shape index (κ3) is 2.57. The number of nitrogens with two attached hydrogens (primary N) is 1. The number of rotatable bonds is 3. The van der Waals surface area contributed by atoms with Gasteiger partial charge in [0.1, 0.15) is 11.3 Å². The number of nitrogen functional groups attached to an aromatic ring is 1. The minimum atomic E-state index is -1.28. The molecule has 2 aromatic carbocycles. The standard InChI is InChI=1S/C18H16N2O3/c19-14-8-6-13(7-9-14)17(23)20-18(11-21)10-2-4-12-3-1-5-15(22)16(12)18/h1-9,11,22H,10,19H2,(H,20,23). The molecule has 1 atom stereocenters. The SMILES string of the molecule is Nc1ccc(C(=O)NC2(C=O)CC=Cc3cccc(O)c32)cc1. The zero-order valence-electron chi connectivity index (χ0n) is 12.3. The Morgan fingerprint density at radius 2 is 1.96 bits per heavy atom. The summed E-state index contributed by atoms with van der Waals surface area (Å²) in [5.74, 6) is -0.418. The van der Waals surface area contributed by atoms with Crippen LogP contribution in [0.1, 0.15) is 27.9 Å². The molecule has 4 N–H and O–H groups in total. The van der Waals surface area contributed by atoms with Gasteiger partial charge in [-0.05, 0) is 35.9 Å². The van der Waals surface area contributed by atoms with E-state index >= 15 is 0 Å². The number of phenols is 1. The highest BCUT2D eigenvalue weighted by Gasteiger charge is 2.38. The number of carbonyl (C=O) groups excluding carboxylic acids is 2. The molecular weight excluding hydrogens is 292 g/mol. The van der Waals surface area contributed by atoms with Gasteiger partial charge in [0.25, 0.3) is 5.91 Å². The largest absolute Gasteiger partial charge is 0.508 e. The monoisotopic (exact) mass is 308 g/mol. The first-order valence-corrected chi connectivity index (χ1v) is 7.19. The molecule has 23 heavy (non-hydrogen) atoms. The molecule has 0 saturated carbocycles. The van der Waals surface area contributed by atoms with E-state index in [1.54, 1.807) is 42.5 Å². The van der Waals surface area contributed by atoms with Gasteiger partial charge in [0, 0.05) is 23.2 Å². The normalized spacial score (nSPS) is 19.0. The third-order valence-electron chi connectivity index (χ3n) is 3.97. The molecule has 1 aliphatic carbocycles. The van der Waals surface area contributed by atoms with Crippen LogP contribution in [-0.4, -0.2) is 17.3 Å². The van der Waals surface area contributed by atoms with Crippen molar-refractivity contribution < 1.29 is 14.7 Å². The van der Waals surface area contributed by atoms with Gasteiger partial charge in [-0.2, -0.15) is 0 Å². The Kier molecular flexibility index (Phi) is 3.62. The minimum Gasteiger partial charge on any atom is -0.508 e. The summed E-state index contributed by atoms with van der Waals surface area (Å²) in [5.41, 5.74) is 6.41. The van der Waals surface area contributed by atoms with Crippen LogP contribution in [0.25, 0.3) is 6.08 Å². The van der Waals surface area contributed by atoms with Crippen LogP contribution in [0.4, 0.5) is 5.69 Å². The Morgan fingerprint density at radius 1 is 1.22 bits per heavy atom. The predicted molar refractivity (Wildman–Crippen MR) is 87.8 cm³/mol. The Labute approximate surface area is 133 Å². The van der Waals surface area contributed by atoms with E-state index in [0.29, 0.717) is 28.7 Å². The molecule has 3 rings (SSSR count). The highest BCUT2D eigenvalue weighted by Crippen LogP contribution is 2.38. The van der Waals surface area contributed by atoms with Crippen molar-refractivity contribution in [2.45, 2.75) is 12.0 Å². The fraction of sp³-hybridized carbons (Fsp3) is 0.111. The first-order valence-electron chi connectivity index (χ1n) is 7.19. The zero-order chi connectivity index (χ0) is 16.4. The number of nitrogens with one attached hydrogen (secondary N) is 1. The summed E-state index contributed by atoms with van der Waals surface area (Å²) in [6.07, 6.45) is 4.58. The number of amides is 1. The summed E-state index contributed by atoms with van der Waals surface area (Å²) >= 11 is 0. The number of phenolic OH excluding ortho intramolecular Hbond substituents is 1. The maximum Gasteiger partial charge on any atom is 0.252 e. The molecule has 0 aliphatic heterocycles. The van der Waals surface area contributed by atoms with Crippen molar-refractivity contribution in [1.82, 2.24) is 5.32 Å². The van der Waals surface area contributed by atoms with Crippen LogP contribution in [0, 0.1) is 0 Å². The quantitative estimate of drug-likeness (QED) is 0.599. The maximum absolute atomic E-state index is 12.5. The third-order valence-corrected chi connectivity index (χ3v) is 3.97. The van der Waals surface area contributed by atoms with Crippen LogP contribution >= 0.6 is 0 Å². The molecule has 116 valence electrons. The molecule has 1 aliphatic rings. The first-order chi connectivity index (χ1) is 11.1. The molecule has 0 saturated heterocycles. The van der Waals surface area contributed by atoms with E-state index in [0.717, 1.165) is 0 Å². The Morgan fingerprint density at radius 3 is 2.65 bits per heavy atom. The topological polar surface area (TPSA) is 92.4 Å². The van der Waals surface area contributed by atoms with Gasteiger partial charge >= 0.3 is 0 Å². The van der Waals surface area contributed by atoms with Gasteiger partial charge in [-0.3, -0.25) is 4.79 Å². The van der Waals surface area contributed by atoms with E-state index in [9.17, 15) is 14.7 Å². The summed E-state index contributed by atoms with van der Waals surface area (Å²) in [7, 11) is 0. The second-order valence-corrected chi connectivity index (χ2v) is 5.51. The van der Waals surface area contributed by atoms with E-state index in [1.807, 2.05) is 6.08 Å². The molecule has 1 unspecified atom stereocenters. The minimum absolute atomic E-state index is 0.0171. The molecular formula is C18H16N2O3. The number of aldehydes is 1. The first kappa shape index (κ1) is 14.8. The lowest BCUT2D eigenvalue weighted by molar-refractivity contribution is -0.113. The van der Waals surface area contributed by atoms with Gasteiger partial charge in [-0.15, -0.1) is 0 Å². The van der Waals surface area contributed by atoms with E-state index in [-0.39, 0.29) is 12.2 Å². The number of hydrogen-bond donors (Lipinski definition) is 3. The van der Waals surface area contributed by atoms with Gasteiger partial charge in [0.2, 0.25) is 0 Å². The molecule has 0 spiro atoms. The second kappa shape index (κ2) is 5.61. The molecule has 0 radical (unpaired) electrons. The summed E-state index contributed by atoms with van der Waals surface area (Å²) in [6, 6.07) is 11.4. The van der Waals surface area contributed by atoms with E-state index in [1.165, 1.54) is 6.07 Å². The fourth-order valence-corrected chi connectivity index (χ4v) is 2.82. The Bertz CT molecular complexity index is 796. The van der Waals surface area contributed by atoms with Crippen LogP contribution in [0.15, 0.2) is 48.5 Å². The van der Waals surface area contributed by atoms with Gasteiger partial charge in [-0.25, -0.2) is 0 Å². The summed E-state index contributed by atoms with van der Waals surface area (Å²) in [5, 5.41) is 12.9. The van der Waals surface area contributed by atoms with Gasteiger partial charge in [-0.1, -0.05) is 24.3 Å². The lowest BCUT2D eigenvalue weighted by atomic mass is 9.80. The molecule has 5 heteroatoms. The molecule has 5 nitrogen and oxygen atoms in total. The summed E-state index contributed by atoms with van der Waals surface area (Å²) in [6.45, 7) is 0. The van der Waals surface area contributed by atoms with Crippen LogP contribution < -0.4 is 11.1 Å². The Hall–Kier alpha value is -3.08. The lowest BCUT2D eigenvalue weighted by Gasteiger charge is -2.33. The van der Waals surface area contributed by atoms with Crippen LogP contribution in [0.3, 0.4) is 0 Å². The highest BCUT2D eigenvalue weighted by molar-refractivity contribution is 5.97. The van der Waals surface area contributed by atoms with E-state index in [4.69, 9.17) is 5.73 Å². The van der Waals surface area contributed by atoms with Crippen molar-refractivity contribution >= 4 is 24.0 Å². The second-order valence-electron chi connectivity index (χ2n) is 5.51. The summed E-state index contributed by atoms with van der Waals surface area (Å²) < 4.78 is 0. The number of aromatic hydroxyl groups is 1. The van der Waals surface area contributed by atoms with E-state index in [2.05, 4.69) is 5.32 Å². The number of anilines is 1.